The molecule has 0 aromatic carbocycles. The highest BCUT2D eigenvalue weighted by atomic mass is 16.6. The minimum atomic E-state index is -0.691. The first kappa shape index (κ1) is 7.54. The van der Waals surface area contributed by atoms with Gasteiger partial charge in [-0.05, 0) is 13.8 Å². The summed E-state index contributed by atoms with van der Waals surface area (Å²) in [6.07, 6.45) is 1.55. The van der Waals surface area contributed by atoms with Crippen LogP contribution in [0.15, 0.2) is 0 Å². The van der Waals surface area contributed by atoms with E-state index in [4.69, 9.17) is 4.74 Å². The van der Waals surface area contributed by atoms with Gasteiger partial charge in [0, 0.05) is 13.8 Å². The number of hydroxylamine groups is 1. The van der Waals surface area contributed by atoms with Crippen LogP contribution in [0.4, 0.5) is 0 Å². The molecule has 0 N–H and O–H groups in total. The summed E-state index contributed by atoms with van der Waals surface area (Å²) in [7, 11) is 0. The second-order valence-electron chi connectivity index (χ2n) is 3.61. The summed E-state index contributed by atoms with van der Waals surface area (Å²) in [6, 6.07) is 0. The Morgan fingerprint density at radius 2 is 1.80 bits per heavy atom. The van der Waals surface area contributed by atoms with Gasteiger partial charge in [0.15, 0.2) is 6.21 Å². The lowest BCUT2D eigenvalue weighted by atomic mass is 10.2. The van der Waals surface area contributed by atoms with Crippen molar-refractivity contribution in [2.75, 3.05) is 0 Å². The second-order valence-corrected chi connectivity index (χ2v) is 3.61. The molecular formula is C7H13NO2. The van der Waals surface area contributed by atoms with Crippen molar-refractivity contribution < 1.29 is 9.48 Å². The Bertz CT molecular complexity index is 182. The highest BCUT2D eigenvalue weighted by molar-refractivity contribution is 5.63. The van der Waals surface area contributed by atoms with Crippen molar-refractivity contribution in [3.8, 4) is 0 Å². The van der Waals surface area contributed by atoms with Gasteiger partial charge in [-0.25, -0.2) is 0 Å². The molecule has 0 atom stereocenters. The van der Waals surface area contributed by atoms with Crippen LogP contribution in [-0.4, -0.2) is 22.3 Å². The standard InChI is InChI=1S/C7H13NO2/c1-6(2)5-8(9)7(3,4)10-6/h5H,1-4H3. The molecule has 0 radical (unpaired) electrons. The van der Waals surface area contributed by atoms with Crippen LogP contribution in [0.25, 0.3) is 0 Å². The van der Waals surface area contributed by atoms with E-state index in [0.29, 0.717) is 0 Å². The molecular weight excluding hydrogens is 130 g/mol. The molecule has 58 valence electrons. The smallest absolute Gasteiger partial charge is 0.272 e. The van der Waals surface area contributed by atoms with Crippen LogP contribution in [0, 0.1) is 5.21 Å². The minimum absolute atomic E-state index is 0.411. The van der Waals surface area contributed by atoms with Gasteiger partial charge in [-0.3, -0.25) is 0 Å². The number of ether oxygens (including phenoxy) is 1. The van der Waals surface area contributed by atoms with Gasteiger partial charge in [0.05, 0.1) is 0 Å². The fraction of sp³-hybridized carbons (Fsp3) is 0.857. The van der Waals surface area contributed by atoms with Gasteiger partial charge in [-0.15, -0.1) is 0 Å². The Labute approximate surface area is 60.9 Å². The SMILES string of the molecule is CC1(C)C=[N+]([O-])C(C)(C)O1. The molecule has 0 spiro atoms. The van der Waals surface area contributed by atoms with E-state index in [0.717, 1.165) is 4.74 Å². The quantitative estimate of drug-likeness (QED) is 0.376. The van der Waals surface area contributed by atoms with Gasteiger partial charge in [0.1, 0.15) is 5.60 Å². The van der Waals surface area contributed by atoms with E-state index in [1.54, 1.807) is 20.1 Å². The lowest BCUT2D eigenvalue weighted by Gasteiger charge is -2.20. The number of rotatable bonds is 0. The molecule has 0 fully saturated rings. The predicted molar refractivity (Wildman–Crippen MR) is 38.9 cm³/mol. The van der Waals surface area contributed by atoms with Crippen LogP contribution in [0.5, 0.6) is 0 Å². The van der Waals surface area contributed by atoms with Crippen molar-refractivity contribution in [2.24, 2.45) is 0 Å². The molecule has 0 saturated heterocycles. The summed E-state index contributed by atoms with van der Waals surface area (Å²) in [5, 5.41) is 11.0. The maximum Gasteiger partial charge on any atom is 0.272 e. The fourth-order valence-corrected chi connectivity index (χ4v) is 1.15. The Hall–Kier alpha value is -0.570. The van der Waals surface area contributed by atoms with Gasteiger partial charge >= 0.3 is 0 Å². The van der Waals surface area contributed by atoms with Crippen LogP contribution in [0.1, 0.15) is 27.7 Å². The fourth-order valence-electron chi connectivity index (χ4n) is 1.15. The van der Waals surface area contributed by atoms with Gasteiger partial charge in [0.2, 0.25) is 0 Å². The topological polar surface area (TPSA) is 35.3 Å². The van der Waals surface area contributed by atoms with Crippen molar-refractivity contribution >= 4 is 6.21 Å². The third-order valence-electron chi connectivity index (χ3n) is 1.47. The summed E-state index contributed by atoms with van der Waals surface area (Å²) < 4.78 is 6.26. The zero-order valence-electron chi connectivity index (χ0n) is 6.84. The Morgan fingerprint density at radius 3 is 1.90 bits per heavy atom. The molecule has 10 heavy (non-hydrogen) atoms. The van der Waals surface area contributed by atoms with E-state index in [1.807, 2.05) is 13.8 Å². The number of hydrogen-bond acceptors (Lipinski definition) is 2. The highest BCUT2D eigenvalue weighted by Gasteiger charge is 2.43. The molecule has 0 unspecified atom stereocenters. The molecule has 0 amide bonds. The molecule has 1 rings (SSSR count). The highest BCUT2D eigenvalue weighted by Crippen LogP contribution is 2.25. The zero-order chi connectivity index (χ0) is 7.99. The van der Waals surface area contributed by atoms with Gasteiger partial charge in [-0.2, -0.15) is 4.74 Å². The van der Waals surface area contributed by atoms with Crippen molar-refractivity contribution in [1.29, 1.82) is 0 Å². The second kappa shape index (κ2) is 1.72. The summed E-state index contributed by atoms with van der Waals surface area (Å²) in [6.45, 7) is 7.25. The maximum atomic E-state index is 11.0. The van der Waals surface area contributed by atoms with E-state index < -0.39 is 11.3 Å². The number of hydrogen-bond donors (Lipinski definition) is 0. The van der Waals surface area contributed by atoms with E-state index in [-0.39, 0.29) is 0 Å². The van der Waals surface area contributed by atoms with Crippen LogP contribution in [0.2, 0.25) is 0 Å². The van der Waals surface area contributed by atoms with E-state index in [1.165, 1.54) is 0 Å². The molecule has 3 nitrogen and oxygen atoms in total. The number of nitrogens with zero attached hydrogens (tertiary/aromatic N) is 1. The third kappa shape index (κ3) is 1.14. The first-order chi connectivity index (χ1) is 4.33. The van der Waals surface area contributed by atoms with Crippen LogP contribution < -0.4 is 0 Å². The Morgan fingerprint density at radius 1 is 1.30 bits per heavy atom. The normalized spacial score (nSPS) is 28.2. The Kier molecular flexibility index (Phi) is 1.30. The Balaban J connectivity index is 2.89. The summed E-state index contributed by atoms with van der Waals surface area (Å²) >= 11 is 0. The van der Waals surface area contributed by atoms with E-state index in [2.05, 4.69) is 0 Å². The van der Waals surface area contributed by atoms with Crippen molar-refractivity contribution in [3.63, 3.8) is 0 Å². The van der Waals surface area contributed by atoms with Crippen LogP contribution in [-0.2, 0) is 4.74 Å². The van der Waals surface area contributed by atoms with Gasteiger partial charge < -0.3 is 9.94 Å². The lowest BCUT2D eigenvalue weighted by Crippen LogP contribution is -2.33. The van der Waals surface area contributed by atoms with Gasteiger partial charge in [-0.1, -0.05) is 0 Å². The lowest BCUT2D eigenvalue weighted by molar-refractivity contribution is -0.581. The van der Waals surface area contributed by atoms with Crippen molar-refractivity contribution in [2.45, 2.75) is 39.0 Å². The van der Waals surface area contributed by atoms with Crippen molar-refractivity contribution in [1.82, 2.24) is 0 Å². The van der Waals surface area contributed by atoms with Crippen LogP contribution in [0.3, 0.4) is 0 Å². The predicted octanol–water partition coefficient (Wildman–Crippen LogP) is 1.11. The summed E-state index contributed by atoms with van der Waals surface area (Å²) in [5.74, 6) is 0. The average Bonchev–Trinajstić information content (AvgIpc) is 1.73. The molecule has 3 heteroatoms. The largest absolute Gasteiger partial charge is 0.622 e. The van der Waals surface area contributed by atoms with Crippen LogP contribution >= 0.6 is 0 Å². The van der Waals surface area contributed by atoms with E-state index in [9.17, 15) is 5.21 Å². The molecule has 0 saturated carbocycles. The molecule has 0 bridgehead atoms. The maximum absolute atomic E-state index is 11.0. The molecule has 0 aromatic heterocycles. The zero-order valence-corrected chi connectivity index (χ0v) is 6.84. The molecule has 1 heterocycles. The van der Waals surface area contributed by atoms with E-state index >= 15 is 0 Å². The first-order valence-corrected chi connectivity index (χ1v) is 3.36. The monoisotopic (exact) mass is 143 g/mol. The first-order valence-electron chi connectivity index (χ1n) is 3.36. The summed E-state index contributed by atoms with van der Waals surface area (Å²) in [5.41, 5.74) is -1.10. The molecule has 0 aromatic rings. The molecule has 1 aliphatic rings. The molecule has 1 aliphatic heterocycles. The third-order valence-corrected chi connectivity index (χ3v) is 1.47. The minimum Gasteiger partial charge on any atom is -0.622 e. The molecule has 0 aliphatic carbocycles. The van der Waals surface area contributed by atoms with Gasteiger partial charge in [0.25, 0.3) is 5.72 Å². The van der Waals surface area contributed by atoms with Crippen molar-refractivity contribution in [3.05, 3.63) is 5.21 Å². The average molecular weight is 143 g/mol. The summed E-state index contributed by atoms with van der Waals surface area (Å²) in [4.78, 5) is 0.